The first-order chi connectivity index (χ1) is 11.0. The number of nitrogens with two attached hydrogens (primary N) is 1. The second-order valence-corrected chi connectivity index (χ2v) is 5.89. The number of hydrazine groups is 1. The van der Waals surface area contributed by atoms with Crippen molar-refractivity contribution < 1.29 is 19.1 Å². The zero-order valence-electron chi connectivity index (χ0n) is 12.3. The largest absolute Gasteiger partial charge is 0.484 e. The number of nitrogens with one attached hydrogen (secondary N) is 2. The summed E-state index contributed by atoms with van der Waals surface area (Å²) in [6.07, 6.45) is 1.21. The topological polar surface area (TPSA) is 114 Å². The van der Waals surface area contributed by atoms with Crippen LogP contribution in [0.3, 0.4) is 0 Å². The fourth-order valence-electron chi connectivity index (χ4n) is 2.23. The maximum Gasteiger partial charge on any atom is 0.315 e. The number of carbonyl (C=O) groups is 3. The number of urea groups is 1. The standard InChI is InChI=1S/C14H17BrN4O4/c15-9-3-5-10(6-4-9)23-8-12(20)17-18-13(21)11-2-1-7-19(11)14(16)22/h3-6,11H,1-2,7-8H2,(H2,16,22)(H,17,20)(H,18,21)/t11-/m1/s1. The highest BCUT2D eigenvalue weighted by Crippen LogP contribution is 2.17. The Hall–Kier alpha value is -2.29. The van der Waals surface area contributed by atoms with Crippen LogP contribution < -0.4 is 21.3 Å². The Balaban J connectivity index is 1.74. The number of ether oxygens (including phenoxy) is 1. The molecule has 0 aliphatic carbocycles. The van der Waals surface area contributed by atoms with E-state index in [2.05, 4.69) is 26.8 Å². The van der Waals surface area contributed by atoms with E-state index in [1.54, 1.807) is 24.3 Å². The second-order valence-electron chi connectivity index (χ2n) is 4.97. The second kappa shape index (κ2) is 7.82. The minimum atomic E-state index is -0.653. The number of benzene rings is 1. The number of hydrogen-bond acceptors (Lipinski definition) is 4. The molecule has 23 heavy (non-hydrogen) atoms. The monoisotopic (exact) mass is 384 g/mol. The summed E-state index contributed by atoms with van der Waals surface area (Å²) < 4.78 is 6.17. The molecule has 1 heterocycles. The average molecular weight is 385 g/mol. The number of carbonyl (C=O) groups excluding carboxylic acids is 3. The van der Waals surface area contributed by atoms with Crippen LogP contribution in [0.2, 0.25) is 0 Å². The van der Waals surface area contributed by atoms with Gasteiger partial charge in [0, 0.05) is 11.0 Å². The molecule has 0 radical (unpaired) electrons. The van der Waals surface area contributed by atoms with E-state index in [1.807, 2.05) is 0 Å². The number of likely N-dealkylation sites (tertiary alicyclic amines) is 1. The molecule has 2 rings (SSSR count). The Morgan fingerprint density at radius 3 is 2.61 bits per heavy atom. The van der Waals surface area contributed by atoms with Gasteiger partial charge >= 0.3 is 6.03 Å². The highest BCUT2D eigenvalue weighted by Gasteiger charge is 2.33. The summed E-state index contributed by atoms with van der Waals surface area (Å²) in [5.41, 5.74) is 9.73. The highest BCUT2D eigenvalue weighted by molar-refractivity contribution is 9.10. The Morgan fingerprint density at radius 2 is 1.96 bits per heavy atom. The third-order valence-corrected chi connectivity index (χ3v) is 3.88. The smallest absolute Gasteiger partial charge is 0.315 e. The fraction of sp³-hybridized carbons (Fsp3) is 0.357. The molecule has 9 heteroatoms. The molecule has 0 aromatic heterocycles. The number of primary amides is 1. The summed E-state index contributed by atoms with van der Waals surface area (Å²) in [7, 11) is 0. The van der Waals surface area contributed by atoms with Gasteiger partial charge in [-0.05, 0) is 37.1 Å². The first-order valence-electron chi connectivity index (χ1n) is 7.00. The minimum Gasteiger partial charge on any atom is -0.484 e. The van der Waals surface area contributed by atoms with Crippen molar-refractivity contribution in [3.8, 4) is 5.75 Å². The van der Waals surface area contributed by atoms with Gasteiger partial charge in [-0.2, -0.15) is 0 Å². The van der Waals surface area contributed by atoms with Crippen LogP contribution in [0.1, 0.15) is 12.8 Å². The Kier molecular flexibility index (Phi) is 5.80. The molecule has 1 atom stereocenters. The minimum absolute atomic E-state index is 0.244. The van der Waals surface area contributed by atoms with Gasteiger partial charge < -0.3 is 15.4 Å². The molecule has 0 saturated carbocycles. The summed E-state index contributed by atoms with van der Waals surface area (Å²) >= 11 is 3.29. The molecule has 4 amide bonds. The van der Waals surface area contributed by atoms with Crippen molar-refractivity contribution in [3.63, 3.8) is 0 Å². The van der Waals surface area contributed by atoms with E-state index in [1.165, 1.54) is 4.90 Å². The lowest BCUT2D eigenvalue weighted by Gasteiger charge is -2.21. The van der Waals surface area contributed by atoms with Crippen LogP contribution in [0.25, 0.3) is 0 Å². The van der Waals surface area contributed by atoms with Gasteiger partial charge in [0.2, 0.25) is 0 Å². The summed E-state index contributed by atoms with van der Waals surface area (Å²) in [5, 5.41) is 0. The van der Waals surface area contributed by atoms with Gasteiger partial charge in [-0.3, -0.25) is 20.4 Å². The predicted molar refractivity (Wildman–Crippen MR) is 85.2 cm³/mol. The van der Waals surface area contributed by atoms with Gasteiger partial charge in [0.05, 0.1) is 0 Å². The zero-order valence-corrected chi connectivity index (χ0v) is 13.8. The SMILES string of the molecule is NC(=O)N1CCC[C@@H]1C(=O)NNC(=O)COc1ccc(Br)cc1. The molecule has 1 saturated heterocycles. The van der Waals surface area contributed by atoms with Crippen molar-refractivity contribution in [2.75, 3.05) is 13.2 Å². The molecular formula is C14H17BrN4O4. The molecule has 1 fully saturated rings. The van der Waals surface area contributed by atoms with Crippen LogP contribution in [0.4, 0.5) is 4.79 Å². The average Bonchev–Trinajstić information content (AvgIpc) is 3.02. The van der Waals surface area contributed by atoms with E-state index in [-0.39, 0.29) is 6.61 Å². The molecule has 1 aromatic carbocycles. The van der Waals surface area contributed by atoms with E-state index in [0.29, 0.717) is 25.1 Å². The van der Waals surface area contributed by atoms with Crippen LogP contribution >= 0.6 is 15.9 Å². The van der Waals surface area contributed by atoms with Crippen LogP contribution in [0.5, 0.6) is 5.75 Å². The molecule has 1 aliphatic heterocycles. The molecule has 0 spiro atoms. The number of hydrogen-bond donors (Lipinski definition) is 3. The highest BCUT2D eigenvalue weighted by atomic mass is 79.9. The quantitative estimate of drug-likeness (QED) is 0.656. The number of halogens is 1. The Morgan fingerprint density at radius 1 is 1.26 bits per heavy atom. The number of rotatable bonds is 4. The maximum absolute atomic E-state index is 12.0. The summed E-state index contributed by atoms with van der Waals surface area (Å²) in [5.74, 6) is -0.450. The first kappa shape index (κ1) is 17.1. The van der Waals surface area contributed by atoms with E-state index in [0.717, 1.165) is 4.47 Å². The van der Waals surface area contributed by atoms with Gasteiger partial charge in [-0.1, -0.05) is 15.9 Å². The molecule has 8 nitrogen and oxygen atoms in total. The van der Waals surface area contributed by atoms with Gasteiger partial charge in [0.1, 0.15) is 11.8 Å². The first-order valence-corrected chi connectivity index (χ1v) is 7.80. The summed E-state index contributed by atoms with van der Waals surface area (Å²) in [4.78, 5) is 36.1. The van der Waals surface area contributed by atoms with Gasteiger partial charge in [0.15, 0.2) is 6.61 Å². The predicted octanol–water partition coefficient (Wildman–Crippen LogP) is 0.518. The molecular weight excluding hydrogens is 368 g/mol. The van der Waals surface area contributed by atoms with Gasteiger partial charge in [-0.25, -0.2) is 4.79 Å². The van der Waals surface area contributed by atoms with Crippen molar-refractivity contribution >= 4 is 33.8 Å². The van der Waals surface area contributed by atoms with Crippen molar-refractivity contribution in [2.45, 2.75) is 18.9 Å². The van der Waals surface area contributed by atoms with Gasteiger partial charge in [0.25, 0.3) is 11.8 Å². The van der Waals surface area contributed by atoms with Crippen molar-refractivity contribution in [3.05, 3.63) is 28.7 Å². The zero-order chi connectivity index (χ0) is 16.8. The third-order valence-electron chi connectivity index (χ3n) is 3.35. The molecule has 0 unspecified atom stereocenters. The van der Waals surface area contributed by atoms with E-state index in [4.69, 9.17) is 10.5 Å². The normalized spacial score (nSPS) is 16.7. The molecule has 4 N–H and O–H groups in total. The summed E-state index contributed by atoms with van der Waals surface area (Å²) in [6, 6.07) is 5.69. The van der Waals surface area contributed by atoms with Gasteiger partial charge in [-0.15, -0.1) is 0 Å². The molecule has 1 aromatic rings. The third kappa shape index (κ3) is 4.85. The fourth-order valence-corrected chi connectivity index (χ4v) is 2.50. The molecule has 1 aliphatic rings. The Bertz CT molecular complexity index is 593. The van der Waals surface area contributed by atoms with Crippen molar-refractivity contribution in [1.29, 1.82) is 0 Å². The van der Waals surface area contributed by atoms with E-state index in [9.17, 15) is 14.4 Å². The molecule has 0 bridgehead atoms. The maximum atomic E-state index is 12.0. The van der Waals surface area contributed by atoms with Crippen LogP contribution in [-0.2, 0) is 9.59 Å². The van der Waals surface area contributed by atoms with Crippen LogP contribution in [0.15, 0.2) is 28.7 Å². The van der Waals surface area contributed by atoms with Crippen LogP contribution in [-0.4, -0.2) is 41.9 Å². The lowest BCUT2D eigenvalue weighted by atomic mass is 10.2. The number of nitrogens with zero attached hydrogens (tertiary/aromatic N) is 1. The lowest BCUT2D eigenvalue weighted by molar-refractivity contribution is -0.131. The number of amides is 4. The van der Waals surface area contributed by atoms with E-state index < -0.39 is 23.9 Å². The van der Waals surface area contributed by atoms with E-state index >= 15 is 0 Å². The Labute approximate surface area is 141 Å². The van der Waals surface area contributed by atoms with Crippen LogP contribution in [0, 0.1) is 0 Å². The van der Waals surface area contributed by atoms with Crippen molar-refractivity contribution in [2.24, 2.45) is 5.73 Å². The lowest BCUT2D eigenvalue weighted by Crippen LogP contribution is -2.53. The summed E-state index contributed by atoms with van der Waals surface area (Å²) in [6.45, 7) is 0.195. The molecule has 124 valence electrons. The van der Waals surface area contributed by atoms with Crippen molar-refractivity contribution in [1.82, 2.24) is 15.8 Å².